The summed E-state index contributed by atoms with van der Waals surface area (Å²) < 4.78 is 120. The highest BCUT2D eigenvalue weighted by atomic mass is 32.2. The molecule has 2 N–H and O–H groups in total. The normalized spacial score (nSPS) is 15.5. The zero-order chi connectivity index (χ0) is 32.3. The lowest BCUT2D eigenvalue weighted by Gasteiger charge is -2.23. The number of alkyl halides is 6. The number of hydrogen-bond acceptors (Lipinski definition) is 5. The van der Waals surface area contributed by atoms with Gasteiger partial charge in [0.2, 0.25) is 15.9 Å². The smallest absolute Gasteiger partial charge is 0.351 e. The molecule has 4 rings (SSSR count). The van der Waals surface area contributed by atoms with E-state index in [0.717, 1.165) is 80.8 Å². The molecule has 1 unspecified atom stereocenters. The number of nitrogens with zero attached hydrogens (tertiary/aromatic N) is 1. The molecule has 44 heavy (non-hydrogen) atoms. The van der Waals surface area contributed by atoms with Crippen LogP contribution in [0.5, 0.6) is 0 Å². The van der Waals surface area contributed by atoms with E-state index in [2.05, 4.69) is 10.3 Å². The van der Waals surface area contributed by atoms with E-state index in [4.69, 9.17) is 0 Å². The number of aromatic nitrogens is 1. The molecular weight excluding hydrogens is 635 g/mol. The molecular formula is C29H28F7N3O3S2. The molecule has 1 aromatic heterocycles. The maximum absolute atomic E-state index is 14.9. The predicted molar refractivity (Wildman–Crippen MR) is 152 cm³/mol. The van der Waals surface area contributed by atoms with Gasteiger partial charge in [-0.1, -0.05) is 43.5 Å². The first-order chi connectivity index (χ1) is 20.5. The number of benzene rings is 2. The number of halogens is 7. The average molecular weight is 664 g/mol. The molecule has 2 aromatic carbocycles. The van der Waals surface area contributed by atoms with Crippen molar-refractivity contribution in [3.05, 3.63) is 88.4 Å². The number of hydrogen-bond donors (Lipinski definition) is 2. The van der Waals surface area contributed by atoms with Crippen LogP contribution in [-0.4, -0.2) is 30.8 Å². The molecule has 1 aliphatic carbocycles. The van der Waals surface area contributed by atoms with Crippen molar-refractivity contribution in [1.82, 2.24) is 10.3 Å². The lowest BCUT2D eigenvalue weighted by atomic mass is 9.89. The molecule has 1 heterocycles. The predicted octanol–water partition coefficient (Wildman–Crippen LogP) is 7.50. The van der Waals surface area contributed by atoms with Crippen molar-refractivity contribution < 1.29 is 43.9 Å². The van der Waals surface area contributed by atoms with Crippen LogP contribution in [0.1, 0.15) is 66.0 Å². The first-order valence-electron chi connectivity index (χ1n) is 13.5. The molecule has 3 aromatic rings. The number of nitrogens with one attached hydrogen (secondary N) is 2. The van der Waals surface area contributed by atoms with E-state index >= 15 is 0 Å². The second-order valence-electron chi connectivity index (χ2n) is 10.4. The van der Waals surface area contributed by atoms with E-state index < -0.39 is 57.0 Å². The van der Waals surface area contributed by atoms with E-state index in [-0.39, 0.29) is 27.9 Å². The minimum Gasteiger partial charge on any atom is -0.351 e. The summed E-state index contributed by atoms with van der Waals surface area (Å²) in [4.78, 5) is 17.4. The summed E-state index contributed by atoms with van der Waals surface area (Å²) in [5.41, 5.74) is -2.07. The first kappa shape index (κ1) is 33.6. The fourth-order valence-electron chi connectivity index (χ4n) is 4.84. The van der Waals surface area contributed by atoms with Crippen molar-refractivity contribution in [1.29, 1.82) is 0 Å². The number of amides is 1. The van der Waals surface area contributed by atoms with E-state index in [1.54, 1.807) is 0 Å². The van der Waals surface area contributed by atoms with Gasteiger partial charge in [0.1, 0.15) is 16.5 Å². The van der Waals surface area contributed by atoms with Crippen LogP contribution in [0, 0.1) is 5.82 Å². The Morgan fingerprint density at radius 1 is 0.932 bits per heavy atom. The Bertz CT molecular complexity index is 1590. The fourth-order valence-corrected chi connectivity index (χ4v) is 6.73. The second kappa shape index (κ2) is 13.3. The Morgan fingerprint density at radius 3 is 2.14 bits per heavy atom. The lowest BCUT2D eigenvalue weighted by Crippen LogP contribution is -2.30. The molecule has 0 aliphatic heterocycles. The van der Waals surface area contributed by atoms with Gasteiger partial charge in [-0.05, 0) is 54.3 Å². The van der Waals surface area contributed by atoms with E-state index in [1.165, 1.54) is 23.9 Å². The lowest BCUT2D eigenvalue weighted by molar-refractivity contribution is -0.141. The van der Waals surface area contributed by atoms with Crippen molar-refractivity contribution >= 4 is 33.4 Å². The number of rotatable bonds is 9. The van der Waals surface area contributed by atoms with Crippen LogP contribution in [0.3, 0.4) is 0 Å². The van der Waals surface area contributed by atoms with Gasteiger partial charge in [-0.3, -0.25) is 9.52 Å². The van der Waals surface area contributed by atoms with Gasteiger partial charge in [0.25, 0.3) is 0 Å². The maximum atomic E-state index is 14.9. The third-order valence-electron chi connectivity index (χ3n) is 6.97. The van der Waals surface area contributed by atoms with Crippen LogP contribution in [0.4, 0.5) is 36.4 Å². The average Bonchev–Trinajstić information content (AvgIpc) is 2.93. The number of anilines is 1. The van der Waals surface area contributed by atoms with Crippen molar-refractivity contribution in [2.24, 2.45) is 0 Å². The van der Waals surface area contributed by atoms with Gasteiger partial charge in [0, 0.05) is 17.4 Å². The molecule has 1 fully saturated rings. The Kier molecular flexibility index (Phi) is 10.2. The summed E-state index contributed by atoms with van der Waals surface area (Å²) in [5.74, 6) is -3.16. The summed E-state index contributed by atoms with van der Waals surface area (Å²) >= 11 is 1.21. The van der Waals surface area contributed by atoms with Gasteiger partial charge >= 0.3 is 12.4 Å². The van der Waals surface area contributed by atoms with Crippen LogP contribution < -0.4 is 10.0 Å². The number of carbonyl (C=O) groups is 1. The van der Waals surface area contributed by atoms with Crippen LogP contribution >= 0.6 is 11.8 Å². The molecule has 1 saturated carbocycles. The first-order valence-corrected chi connectivity index (χ1v) is 16.2. The van der Waals surface area contributed by atoms with Crippen molar-refractivity contribution in [3.8, 4) is 0 Å². The highest BCUT2D eigenvalue weighted by molar-refractivity contribution is 7.99. The maximum Gasteiger partial charge on any atom is 0.433 e. The molecule has 0 bridgehead atoms. The largest absolute Gasteiger partial charge is 0.433 e. The summed E-state index contributed by atoms with van der Waals surface area (Å²) in [6.45, 7) is -0.258. The van der Waals surface area contributed by atoms with Gasteiger partial charge in [-0.25, -0.2) is 17.8 Å². The molecule has 6 nitrogen and oxygen atoms in total. The van der Waals surface area contributed by atoms with Gasteiger partial charge < -0.3 is 5.32 Å². The van der Waals surface area contributed by atoms with Crippen molar-refractivity contribution in [2.75, 3.05) is 11.0 Å². The van der Waals surface area contributed by atoms with Crippen molar-refractivity contribution in [3.63, 3.8) is 0 Å². The molecule has 0 radical (unpaired) electrons. The molecule has 0 saturated heterocycles. The zero-order valence-electron chi connectivity index (χ0n) is 23.2. The van der Waals surface area contributed by atoms with Crippen LogP contribution in [-0.2, 0) is 33.7 Å². The highest BCUT2D eigenvalue weighted by Crippen LogP contribution is 2.37. The number of sulfonamides is 1. The zero-order valence-corrected chi connectivity index (χ0v) is 24.9. The number of pyridine rings is 1. The van der Waals surface area contributed by atoms with Crippen LogP contribution in [0.15, 0.2) is 59.6 Å². The molecule has 1 aliphatic rings. The quantitative estimate of drug-likeness (QED) is 0.232. The minimum absolute atomic E-state index is 0.00107. The SMILES string of the molecule is CS(=O)(=O)Nc1ccc(C(C(=O)NCc2ccc(C(F)(F)F)nc2SC2CCCCC2)c2ccc(C(F)(F)F)cc2)cc1F. The highest BCUT2D eigenvalue weighted by Gasteiger charge is 2.34. The summed E-state index contributed by atoms with van der Waals surface area (Å²) in [6, 6.07) is 8.92. The van der Waals surface area contributed by atoms with Crippen LogP contribution in [0.2, 0.25) is 0 Å². The van der Waals surface area contributed by atoms with E-state index in [1.807, 2.05) is 4.72 Å². The Morgan fingerprint density at radius 2 is 1.57 bits per heavy atom. The Balaban J connectivity index is 1.66. The van der Waals surface area contributed by atoms with Gasteiger partial charge in [-0.15, -0.1) is 11.8 Å². The standard InChI is InChI=1S/C29H28F7N3O3S2/c1-44(41,42)39-23-13-9-18(15-22(23)30)25(17-7-11-20(12-8-17)28(31,32)33)26(40)37-16-19-10-14-24(29(34,35)36)38-27(19)43-21-5-3-2-4-6-21/h7-15,21,25,39H,2-6,16H2,1H3,(H,37,40). The van der Waals surface area contributed by atoms with Crippen LogP contribution in [0.25, 0.3) is 0 Å². The monoisotopic (exact) mass is 663 g/mol. The third kappa shape index (κ3) is 8.87. The van der Waals surface area contributed by atoms with Gasteiger partial charge in [0.05, 0.1) is 23.4 Å². The number of carbonyl (C=O) groups excluding carboxylic acids is 1. The molecule has 238 valence electrons. The molecule has 1 amide bonds. The van der Waals surface area contributed by atoms with Crippen molar-refractivity contribution in [2.45, 2.75) is 67.2 Å². The van der Waals surface area contributed by atoms with Gasteiger partial charge in [0.15, 0.2) is 0 Å². The number of thioether (sulfide) groups is 1. The van der Waals surface area contributed by atoms with E-state index in [9.17, 15) is 43.9 Å². The van der Waals surface area contributed by atoms with Gasteiger partial charge in [-0.2, -0.15) is 26.3 Å². The van der Waals surface area contributed by atoms with E-state index in [0.29, 0.717) is 5.56 Å². The fraction of sp³-hybridized carbons (Fsp3) is 0.379. The molecule has 0 spiro atoms. The minimum atomic E-state index is -4.68. The summed E-state index contributed by atoms with van der Waals surface area (Å²) in [6.07, 6.45) is -3.99. The molecule has 15 heteroatoms. The molecule has 1 atom stereocenters. The second-order valence-corrected chi connectivity index (χ2v) is 13.5. The topological polar surface area (TPSA) is 88.2 Å². The Labute approximate surface area is 253 Å². The third-order valence-corrected chi connectivity index (χ3v) is 8.94. The summed E-state index contributed by atoms with van der Waals surface area (Å²) in [7, 11) is -3.84. The summed E-state index contributed by atoms with van der Waals surface area (Å²) in [5, 5.41) is 2.78. The Hall–Kier alpha value is -3.33.